The van der Waals surface area contributed by atoms with Gasteiger partial charge in [-0.25, -0.2) is 8.42 Å². The van der Waals surface area contributed by atoms with Crippen LogP contribution >= 0.6 is 11.3 Å². The Balaban J connectivity index is 1.44. The Kier molecular flexibility index (Phi) is 6.32. The second-order valence-corrected chi connectivity index (χ2v) is 11.0. The van der Waals surface area contributed by atoms with Crippen LogP contribution in [-0.2, 0) is 27.7 Å². The van der Waals surface area contributed by atoms with Gasteiger partial charge in [0, 0.05) is 23.7 Å². The van der Waals surface area contributed by atoms with Crippen LogP contribution in [-0.4, -0.2) is 38.3 Å². The van der Waals surface area contributed by atoms with E-state index in [2.05, 4.69) is 16.7 Å². The first-order valence-electron chi connectivity index (χ1n) is 10.6. The molecular formula is C22H26N4O3S2. The molecule has 1 aromatic carbocycles. The van der Waals surface area contributed by atoms with E-state index in [1.165, 1.54) is 16.2 Å². The van der Waals surface area contributed by atoms with E-state index in [0.29, 0.717) is 34.9 Å². The van der Waals surface area contributed by atoms with E-state index < -0.39 is 10.0 Å². The lowest BCUT2D eigenvalue weighted by Crippen LogP contribution is -2.36. The normalized spacial score (nSPS) is 16.5. The van der Waals surface area contributed by atoms with Crippen LogP contribution in [0.1, 0.15) is 47.3 Å². The topological polar surface area (TPSA) is 102 Å². The predicted molar refractivity (Wildman–Crippen MR) is 122 cm³/mol. The zero-order valence-corrected chi connectivity index (χ0v) is 19.2. The van der Waals surface area contributed by atoms with Crippen molar-refractivity contribution in [2.24, 2.45) is 0 Å². The van der Waals surface area contributed by atoms with E-state index in [9.17, 15) is 18.5 Å². The van der Waals surface area contributed by atoms with E-state index in [-0.39, 0.29) is 17.3 Å². The van der Waals surface area contributed by atoms with Gasteiger partial charge in [0.05, 0.1) is 17.0 Å². The Morgan fingerprint density at radius 3 is 2.71 bits per heavy atom. The lowest BCUT2D eigenvalue weighted by atomic mass is 10.1. The Hall–Kier alpha value is -2.41. The van der Waals surface area contributed by atoms with Gasteiger partial charge in [-0.3, -0.25) is 4.79 Å². The van der Waals surface area contributed by atoms with Gasteiger partial charge >= 0.3 is 0 Å². The van der Waals surface area contributed by atoms with Gasteiger partial charge in [0.15, 0.2) is 0 Å². The average Bonchev–Trinajstić information content (AvgIpc) is 3.34. The summed E-state index contributed by atoms with van der Waals surface area (Å²) in [6.45, 7) is 2.87. The molecule has 2 heterocycles. The number of anilines is 2. The number of piperidine rings is 1. The monoisotopic (exact) mass is 458 g/mol. The highest BCUT2D eigenvalue weighted by atomic mass is 32.2. The van der Waals surface area contributed by atoms with Crippen molar-refractivity contribution in [3.63, 3.8) is 0 Å². The molecule has 1 aliphatic heterocycles. The summed E-state index contributed by atoms with van der Waals surface area (Å²) in [5, 5.41) is 15.9. The van der Waals surface area contributed by atoms with E-state index >= 15 is 0 Å². The molecule has 0 saturated carbocycles. The highest BCUT2D eigenvalue weighted by Crippen LogP contribution is 2.38. The molecule has 1 aromatic heterocycles. The van der Waals surface area contributed by atoms with Gasteiger partial charge in [-0.15, -0.1) is 11.3 Å². The molecule has 0 bridgehead atoms. The lowest BCUT2D eigenvalue weighted by molar-refractivity contribution is -0.114. The fourth-order valence-corrected chi connectivity index (χ4v) is 7.22. The fourth-order valence-electron chi connectivity index (χ4n) is 4.20. The molecule has 1 fully saturated rings. The minimum absolute atomic E-state index is 0.0142. The number of benzene rings is 1. The summed E-state index contributed by atoms with van der Waals surface area (Å²) in [5.74, 6) is -0.266. The summed E-state index contributed by atoms with van der Waals surface area (Å²) < 4.78 is 27.7. The van der Waals surface area contributed by atoms with Crippen molar-refractivity contribution in [1.82, 2.24) is 4.31 Å². The Labute approximate surface area is 187 Å². The zero-order valence-electron chi connectivity index (χ0n) is 17.5. The number of hydrogen-bond acceptors (Lipinski definition) is 6. The van der Waals surface area contributed by atoms with Crippen LogP contribution in [0.5, 0.6) is 0 Å². The standard InChI is InChI=1S/C22H26N4O3S2/c1-15-8-9-16(12-20(15)31(28,29)26-10-3-2-4-11-26)24-14-21(27)25-22-18(13-23)17-6-5-7-19(17)30-22/h8-9,12,24H,2-7,10-11,14H2,1H3,(H,25,27). The number of nitriles is 1. The maximum absolute atomic E-state index is 13.1. The van der Waals surface area contributed by atoms with Crippen LogP contribution in [0.2, 0.25) is 0 Å². The molecule has 1 saturated heterocycles. The van der Waals surface area contributed by atoms with E-state index in [0.717, 1.165) is 44.1 Å². The zero-order chi connectivity index (χ0) is 22.0. The summed E-state index contributed by atoms with van der Waals surface area (Å²) in [5.41, 5.74) is 2.91. The minimum atomic E-state index is -3.55. The van der Waals surface area contributed by atoms with Gasteiger partial charge in [0.25, 0.3) is 0 Å². The third-order valence-corrected chi connectivity index (χ3v) is 9.11. The molecule has 7 nitrogen and oxygen atoms in total. The van der Waals surface area contributed by atoms with Crippen LogP contribution in [0.15, 0.2) is 23.1 Å². The molecule has 1 aliphatic carbocycles. The first kappa shape index (κ1) is 21.8. The molecule has 164 valence electrons. The van der Waals surface area contributed by atoms with Gasteiger partial charge in [0.1, 0.15) is 11.1 Å². The number of amides is 1. The highest BCUT2D eigenvalue weighted by Gasteiger charge is 2.28. The smallest absolute Gasteiger partial charge is 0.244 e. The molecule has 0 radical (unpaired) electrons. The van der Waals surface area contributed by atoms with Gasteiger partial charge in [-0.1, -0.05) is 12.5 Å². The lowest BCUT2D eigenvalue weighted by Gasteiger charge is -2.26. The molecule has 0 atom stereocenters. The van der Waals surface area contributed by atoms with Crippen LogP contribution in [0, 0.1) is 18.3 Å². The van der Waals surface area contributed by atoms with E-state index in [4.69, 9.17) is 0 Å². The molecule has 9 heteroatoms. The van der Waals surface area contributed by atoms with Crippen LogP contribution in [0.3, 0.4) is 0 Å². The molecule has 2 aliphatic rings. The predicted octanol–water partition coefficient (Wildman–Crippen LogP) is 3.64. The Morgan fingerprint density at radius 1 is 1.19 bits per heavy atom. The molecule has 2 N–H and O–H groups in total. The van der Waals surface area contributed by atoms with Crippen molar-refractivity contribution in [2.45, 2.75) is 50.3 Å². The molecule has 0 unspecified atom stereocenters. The quantitative estimate of drug-likeness (QED) is 0.688. The number of nitrogens with one attached hydrogen (secondary N) is 2. The highest BCUT2D eigenvalue weighted by molar-refractivity contribution is 7.89. The van der Waals surface area contributed by atoms with Crippen molar-refractivity contribution in [2.75, 3.05) is 30.3 Å². The number of carbonyl (C=O) groups is 1. The third-order valence-electron chi connectivity index (χ3n) is 5.86. The van der Waals surface area contributed by atoms with Gasteiger partial charge < -0.3 is 10.6 Å². The van der Waals surface area contributed by atoms with Crippen molar-refractivity contribution in [3.05, 3.63) is 39.8 Å². The number of nitrogens with zero attached hydrogens (tertiary/aromatic N) is 2. The number of rotatable bonds is 6. The van der Waals surface area contributed by atoms with Crippen LogP contribution in [0.4, 0.5) is 10.7 Å². The SMILES string of the molecule is Cc1ccc(NCC(=O)Nc2sc3c(c2C#N)CCC3)cc1S(=O)(=O)N1CCCCC1. The van der Waals surface area contributed by atoms with E-state index in [1.54, 1.807) is 29.4 Å². The number of carbonyl (C=O) groups excluding carboxylic acids is 1. The first-order valence-corrected chi connectivity index (χ1v) is 12.8. The second kappa shape index (κ2) is 8.99. The number of fused-ring (bicyclic) bond motifs is 1. The first-order chi connectivity index (χ1) is 14.9. The number of sulfonamides is 1. The molecule has 1 amide bonds. The van der Waals surface area contributed by atoms with Gasteiger partial charge in [0.2, 0.25) is 15.9 Å². The summed E-state index contributed by atoms with van der Waals surface area (Å²) in [4.78, 5) is 13.9. The molecule has 4 rings (SSSR count). The summed E-state index contributed by atoms with van der Waals surface area (Å²) in [6.07, 6.45) is 5.73. The minimum Gasteiger partial charge on any atom is -0.376 e. The van der Waals surface area contributed by atoms with Gasteiger partial charge in [-0.2, -0.15) is 9.57 Å². The summed E-state index contributed by atoms with van der Waals surface area (Å²) >= 11 is 1.48. The number of hydrogen-bond donors (Lipinski definition) is 2. The maximum atomic E-state index is 13.1. The van der Waals surface area contributed by atoms with Crippen molar-refractivity contribution in [1.29, 1.82) is 5.26 Å². The van der Waals surface area contributed by atoms with Crippen molar-refractivity contribution < 1.29 is 13.2 Å². The Bertz CT molecular complexity index is 1140. The van der Waals surface area contributed by atoms with E-state index in [1.807, 2.05) is 0 Å². The molecule has 0 spiro atoms. The maximum Gasteiger partial charge on any atom is 0.244 e. The summed E-state index contributed by atoms with van der Waals surface area (Å²) in [6, 6.07) is 7.36. The molecular weight excluding hydrogens is 432 g/mol. The Morgan fingerprint density at radius 2 is 1.97 bits per heavy atom. The number of thiophene rings is 1. The number of aryl methyl sites for hydroxylation is 2. The molecule has 2 aromatic rings. The van der Waals surface area contributed by atoms with Gasteiger partial charge in [-0.05, 0) is 62.3 Å². The average molecular weight is 459 g/mol. The fraction of sp³-hybridized carbons (Fsp3) is 0.455. The second-order valence-electron chi connectivity index (χ2n) is 8.02. The van der Waals surface area contributed by atoms with Crippen LogP contribution < -0.4 is 10.6 Å². The molecule has 31 heavy (non-hydrogen) atoms. The van der Waals surface area contributed by atoms with Crippen molar-refractivity contribution in [3.8, 4) is 6.07 Å². The third kappa shape index (κ3) is 4.47. The van der Waals surface area contributed by atoms with Crippen LogP contribution in [0.25, 0.3) is 0 Å². The van der Waals surface area contributed by atoms with Crippen molar-refractivity contribution >= 4 is 38.0 Å². The largest absolute Gasteiger partial charge is 0.376 e. The summed E-state index contributed by atoms with van der Waals surface area (Å²) in [7, 11) is -3.55.